The lowest BCUT2D eigenvalue weighted by atomic mass is 9.65. The van der Waals surface area contributed by atoms with E-state index in [0.29, 0.717) is 57.0 Å². The Hall–Kier alpha value is -3.57. The van der Waals surface area contributed by atoms with E-state index in [9.17, 15) is 19.5 Å². The predicted octanol–water partition coefficient (Wildman–Crippen LogP) is 2.84. The predicted molar refractivity (Wildman–Crippen MR) is 155 cm³/mol. The van der Waals surface area contributed by atoms with Crippen LogP contribution < -0.4 is 0 Å². The van der Waals surface area contributed by atoms with Gasteiger partial charge in [-0.1, -0.05) is 36.4 Å². The summed E-state index contributed by atoms with van der Waals surface area (Å²) in [4.78, 5) is 45.7. The molecule has 0 aliphatic carbocycles. The number of unbranched alkanes of at least 4 members (excludes halogenated alkanes) is 2. The molecule has 3 saturated heterocycles. The molecule has 2 unspecified atom stereocenters. The summed E-state index contributed by atoms with van der Waals surface area (Å²) in [6, 6.07) is 6.59. The first-order valence-corrected chi connectivity index (χ1v) is 14.9. The summed E-state index contributed by atoms with van der Waals surface area (Å²) in [7, 11) is 0. The molecule has 1 aromatic carbocycles. The molecule has 5 rings (SSSR count). The highest BCUT2D eigenvalue weighted by Gasteiger charge is 2.79. The number of fused-ring (bicyclic) bond motifs is 2. The maximum absolute atomic E-state index is 14.6. The zero-order chi connectivity index (χ0) is 29.9. The van der Waals surface area contributed by atoms with Crippen molar-refractivity contribution in [2.75, 3.05) is 26.3 Å². The number of esters is 1. The van der Waals surface area contributed by atoms with E-state index in [1.165, 1.54) is 0 Å². The number of carbonyl (C=O) groups excluding carboxylic acids is 3. The number of para-hydroxylation sites is 1. The van der Waals surface area contributed by atoms with Crippen LogP contribution in [0.3, 0.4) is 0 Å². The number of hydrogen-bond acceptors (Lipinski definition) is 8. The lowest BCUT2D eigenvalue weighted by molar-refractivity contribution is -0.162. The Labute approximate surface area is 246 Å². The van der Waals surface area contributed by atoms with Crippen molar-refractivity contribution in [3.63, 3.8) is 0 Å². The molecule has 2 amide bonds. The van der Waals surface area contributed by atoms with Gasteiger partial charge in [-0.15, -0.1) is 18.3 Å². The standard InChI is InChI=1S/C31H41N5O6/c1-4-7-20-41-29(40)25-24-27(38)35(18-11-8-12-19-37)26(31(24)16-15-30(25,6-3)42-31)28(39)34(17-5-2)21-36-23-14-10-9-13-22(23)32-33-36/h4-5,9-10,13-14,24-26,37H,1-2,6-8,11-12,15-21H2,3H3/t24-,25+,26?,30-,31?/m0/s1. The summed E-state index contributed by atoms with van der Waals surface area (Å²) in [5, 5.41) is 17.8. The van der Waals surface area contributed by atoms with E-state index in [2.05, 4.69) is 23.5 Å². The van der Waals surface area contributed by atoms with Gasteiger partial charge in [-0.05, 0) is 57.1 Å². The smallest absolute Gasteiger partial charge is 0.312 e. The van der Waals surface area contributed by atoms with Crippen LogP contribution in [0.4, 0.5) is 0 Å². The van der Waals surface area contributed by atoms with Crippen molar-refractivity contribution in [3.05, 3.63) is 49.6 Å². The van der Waals surface area contributed by atoms with Crippen molar-refractivity contribution in [1.29, 1.82) is 0 Å². The number of benzene rings is 1. The number of aliphatic hydroxyl groups excluding tert-OH is 1. The summed E-state index contributed by atoms with van der Waals surface area (Å²) in [6.45, 7) is 10.4. The molecule has 11 heteroatoms. The second-order valence-corrected chi connectivity index (χ2v) is 11.5. The normalized spacial score (nSPS) is 27.8. The minimum Gasteiger partial charge on any atom is -0.465 e. The first-order valence-electron chi connectivity index (χ1n) is 14.9. The van der Waals surface area contributed by atoms with Crippen molar-refractivity contribution in [2.24, 2.45) is 11.8 Å². The highest BCUT2D eigenvalue weighted by Crippen LogP contribution is 2.64. The van der Waals surface area contributed by atoms with Crippen molar-refractivity contribution < 1.29 is 29.0 Å². The molecular weight excluding hydrogens is 538 g/mol. The molecule has 226 valence electrons. The van der Waals surface area contributed by atoms with Crippen LogP contribution >= 0.6 is 0 Å². The third-order valence-electron chi connectivity index (χ3n) is 9.18. The molecule has 2 aromatic rings. The fraction of sp³-hybridized carbons (Fsp3) is 0.581. The molecule has 2 bridgehead atoms. The third-order valence-corrected chi connectivity index (χ3v) is 9.18. The molecule has 3 fully saturated rings. The summed E-state index contributed by atoms with van der Waals surface area (Å²) in [5.41, 5.74) is -0.515. The lowest BCUT2D eigenvalue weighted by Gasteiger charge is -2.36. The molecule has 3 aliphatic rings. The van der Waals surface area contributed by atoms with Crippen LogP contribution in [0, 0.1) is 11.8 Å². The van der Waals surface area contributed by atoms with Gasteiger partial charge in [-0.2, -0.15) is 0 Å². The fourth-order valence-electron chi connectivity index (χ4n) is 7.23. The molecule has 1 N–H and O–H groups in total. The van der Waals surface area contributed by atoms with Crippen LogP contribution in [-0.4, -0.2) is 91.2 Å². The first kappa shape index (κ1) is 29.9. The van der Waals surface area contributed by atoms with Crippen molar-refractivity contribution >= 4 is 28.8 Å². The third kappa shape index (κ3) is 4.92. The van der Waals surface area contributed by atoms with E-state index in [-0.39, 0.29) is 38.2 Å². The van der Waals surface area contributed by atoms with Gasteiger partial charge in [0.15, 0.2) is 0 Å². The van der Waals surface area contributed by atoms with Gasteiger partial charge >= 0.3 is 5.97 Å². The molecule has 0 radical (unpaired) electrons. The zero-order valence-corrected chi connectivity index (χ0v) is 24.3. The van der Waals surface area contributed by atoms with Gasteiger partial charge in [0, 0.05) is 19.7 Å². The number of carbonyl (C=O) groups is 3. The van der Waals surface area contributed by atoms with E-state index in [4.69, 9.17) is 9.47 Å². The maximum atomic E-state index is 14.6. The number of aromatic nitrogens is 3. The van der Waals surface area contributed by atoms with Gasteiger partial charge in [-0.3, -0.25) is 14.4 Å². The van der Waals surface area contributed by atoms with E-state index in [0.717, 1.165) is 5.52 Å². The molecule has 4 heterocycles. The maximum Gasteiger partial charge on any atom is 0.312 e. The van der Waals surface area contributed by atoms with Crippen LogP contribution in [0.2, 0.25) is 0 Å². The van der Waals surface area contributed by atoms with Gasteiger partial charge < -0.3 is 24.4 Å². The number of rotatable bonds is 15. The van der Waals surface area contributed by atoms with Gasteiger partial charge in [0.25, 0.3) is 0 Å². The number of aliphatic hydroxyl groups is 1. The van der Waals surface area contributed by atoms with Crippen LogP contribution in [0.1, 0.15) is 51.9 Å². The molecule has 42 heavy (non-hydrogen) atoms. The molecular formula is C31H41N5O6. The lowest BCUT2D eigenvalue weighted by Crippen LogP contribution is -2.56. The first-order chi connectivity index (χ1) is 20.4. The fourth-order valence-corrected chi connectivity index (χ4v) is 7.23. The van der Waals surface area contributed by atoms with Gasteiger partial charge in [-0.25, -0.2) is 4.68 Å². The number of hydrogen-bond donors (Lipinski definition) is 1. The second-order valence-electron chi connectivity index (χ2n) is 11.5. The molecule has 3 aliphatic heterocycles. The van der Waals surface area contributed by atoms with E-state index in [1.54, 1.807) is 26.6 Å². The average molecular weight is 580 g/mol. The quantitative estimate of drug-likeness (QED) is 0.194. The van der Waals surface area contributed by atoms with Crippen molar-refractivity contribution in [1.82, 2.24) is 24.8 Å². The topological polar surface area (TPSA) is 127 Å². The monoisotopic (exact) mass is 579 g/mol. The molecule has 1 aromatic heterocycles. The molecule has 1 spiro atoms. The summed E-state index contributed by atoms with van der Waals surface area (Å²) in [5.74, 6) is -2.59. The van der Waals surface area contributed by atoms with Crippen LogP contribution in [0.5, 0.6) is 0 Å². The highest BCUT2D eigenvalue weighted by molar-refractivity contribution is 5.98. The Kier molecular flexibility index (Phi) is 8.79. The molecule has 5 atom stereocenters. The Balaban J connectivity index is 1.51. The van der Waals surface area contributed by atoms with Gasteiger partial charge in [0.05, 0.1) is 23.6 Å². The SMILES string of the molecule is C=CCCOC(=O)[C@H]1[C@H]2C(=O)N(CCCCCO)C(C(=O)N(CC=C)Cn3nnc4ccccc43)C23CC[C@]1(CC)O3. The van der Waals surface area contributed by atoms with Gasteiger partial charge in [0.1, 0.15) is 29.7 Å². The number of likely N-dealkylation sites (tertiary alicyclic amines) is 1. The van der Waals surface area contributed by atoms with E-state index >= 15 is 0 Å². The summed E-state index contributed by atoms with van der Waals surface area (Å²) in [6.07, 6.45) is 7.33. The van der Waals surface area contributed by atoms with Crippen molar-refractivity contribution in [2.45, 2.75) is 75.8 Å². The Morgan fingerprint density at radius 2 is 2.02 bits per heavy atom. The van der Waals surface area contributed by atoms with Gasteiger partial charge in [0.2, 0.25) is 11.8 Å². The summed E-state index contributed by atoms with van der Waals surface area (Å²) >= 11 is 0. The van der Waals surface area contributed by atoms with Crippen LogP contribution in [0.15, 0.2) is 49.6 Å². The Morgan fingerprint density at radius 1 is 1.21 bits per heavy atom. The van der Waals surface area contributed by atoms with Crippen molar-refractivity contribution in [3.8, 4) is 0 Å². The molecule has 0 saturated carbocycles. The van der Waals surface area contributed by atoms with Crippen LogP contribution in [-0.2, 0) is 30.5 Å². The number of nitrogens with zero attached hydrogens (tertiary/aromatic N) is 5. The molecule has 11 nitrogen and oxygen atoms in total. The minimum absolute atomic E-state index is 0.0581. The number of ether oxygens (including phenoxy) is 2. The second kappa shape index (κ2) is 12.3. The zero-order valence-electron chi connectivity index (χ0n) is 24.3. The Bertz CT molecular complexity index is 1340. The largest absolute Gasteiger partial charge is 0.465 e. The van der Waals surface area contributed by atoms with E-state index < -0.39 is 35.0 Å². The Morgan fingerprint density at radius 3 is 2.76 bits per heavy atom. The summed E-state index contributed by atoms with van der Waals surface area (Å²) < 4.78 is 14.1. The minimum atomic E-state index is -1.15. The van der Waals surface area contributed by atoms with E-state index in [1.807, 2.05) is 31.2 Å². The highest BCUT2D eigenvalue weighted by atomic mass is 16.6. The van der Waals surface area contributed by atoms with Crippen LogP contribution in [0.25, 0.3) is 11.0 Å². The number of amides is 2. The average Bonchev–Trinajstić information content (AvgIpc) is 3.72.